The molecule has 0 radical (unpaired) electrons. The van der Waals surface area contributed by atoms with Crippen LogP contribution in [0.1, 0.15) is 0 Å². The molecule has 0 saturated carbocycles. The van der Waals surface area contributed by atoms with Crippen molar-refractivity contribution in [1.82, 2.24) is 9.62 Å². The van der Waals surface area contributed by atoms with Crippen molar-refractivity contribution in [1.29, 1.82) is 0 Å². The van der Waals surface area contributed by atoms with Gasteiger partial charge in [0, 0.05) is 20.0 Å². The molecule has 1 saturated heterocycles. The molecule has 1 fully saturated rings. The van der Waals surface area contributed by atoms with Crippen LogP contribution in [0.15, 0.2) is 24.3 Å². The van der Waals surface area contributed by atoms with Crippen LogP contribution in [0.25, 0.3) is 0 Å². The van der Waals surface area contributed by atoms with Crippen molar-refractivity contribution in [2.45, 2.75) is 6.04 Å². The molecule has 1 N–H and O–H groups in total. The molecule has 134 valence electrons. The van der Waals surface area contributed by atoms with Crippen molar-refractivity contribution in [2.75, 3.05) is 39.7 Å². The van der Waals surface area contributed by atoms with E-state index < -0.39 is 10.0 Å². The van der Waals surface area contributed by atoms with Crippen molar-refractivity contribution in [3.05, 3.63) is 30.1 Å². The molecule has 1 aromatic rings. The summed E-state index contributed by atoms with van der Waals surface area (Å²) in [5.41, 5.74) is 0. The fourth-order valence-corrected chi connectivity index (χ4v) is 3.44. The van der Waals surface area contributed by atoms with E-state index in [1.165, 1.54) is 38.4 Å². The molecule has 1 aromatic carbocycles. The molecule has 1 aliphatic rings. The third-order valence-corrected chi connectivity index (χ3v) is 5.67. The number of amides is 1. The monoisotopic (exact) mass is 360 g/mol. The van der Waals surface area contributed by atoms with Gasteiger partial charge in [0.1, 0.15) is 11.6 Å². The van der Waals surface area contributed by atoms with Gasteiger partial charge in [0.25, 0.3) is 5.91 Å². The fraction of sp³-hybridized carbons (Fsp3) is 0.533. The minimum Gasteiger partial charge on any atom is -0.484 e. The molecule has 0 bridgehead atoms. The lowest BCUT2D eigenvalue weighted by Crippen LogP contribution is -2.45. The number of carbonyl (C=O) groups is 1. The van der Waals surface area contributed by atoms with E-state index in [0.717, 1.165) is 4.31 Å². The number of sulfonamides is 1. The Morgan fingerprint density at radius 1 is 1.33 bits per heavy atom. The molecule has 1 heterocycles. The Bertz CT molecular complexity index is 663. The molecule has 0 unspecified atom stereocenters. The zero-order valence-corrected chi connectivity index (χ0v) is 14.4. The topological polar surface area (TPSA) is 84.9 Å². The first-order valence-corrected chi connectivity index (χ1v) is 9.04. The highest BCUT2D eigenvalue weighted by atomic mass is 32.2. The average Bonchev–Trinajstić information content (AvgIpc) is 2.93. The van der Waals surface area contributed by atoms with Gasteiger partial charge in [-0.1, -0.05) is 0 Å². The molecule has 9 heteroatoms. The van der Waals surface area contributed by atoms with Gasteiger partial charge in [-0.2, -0.15) is 0 Å². The molecular formula is C15H21FN2O5S. The maximum atomic E-state index is 12.8. The summed E-state index contributed by atoms with van der Waals surface area (Å²) in [7, 11) is -0.439. The molecule has 2 rings (SSSR count). The van der Waals surface area contributed by atoms with Crippen molar-refractivity contribution in [2.24, 2.45) is 5.92 Å². The van der Waals surface area contributed by atoms with Crippen molar-refractivity contribution >= 4 is 15.9 Å². The van der Waals surface area contributed by atoms with Crippen LogP contribution in [0.3, 0.4) is 0 Å². The highest BCUT2D eigenvalue weighted by Gasteiger charge is 2.34. The van der Waals surface area contributed by atoms with E-state index in [0.29, 0.717) is 5.75 Å². The third-order valence-electron chi connectivity index (χ3n) is 3.71. The largest absolute Gasteiger partial charge is 0.484 e. The first-order valence-electron chi connectivity index (χ1n) is 7.43. The lowest BCUT2D eigenvalue weighted by Gasteiger charge is -2.21. The smallest absolute Gasteiger partial charge is 0.258 e. The highest BCUT2D eigenvalue weighted by Crippen LogP contribution is 2.17. The molecule has 24 heavy (non-hydrogen) atoms. The Kier molecular flexibility index (Phi) is 6.14. The van der Waals surface area contributed by atoms with Gasteiger partial charge in [0.15, 0.2) is 6.61 Å². The second kappa shape index (κ2) is 7.91. The molecule has 1 amide bonds. The van der Waals surface area contributed by atoms with E-state index in [2.05, 4.69) is 5.32 Å². The van der Waals surface area contributed by atoms with Crippen LogP contribution < -0.4 is 10.1 Å². The Morgan fingerprint density at radius 2 is 2.00 bits per heavy atom. The first kappa shape index (κ1) is 18.6. The quantitative estimate of drug-likeness (QED) is 0.752. The minimum atomic E-state index is -3.37. The number of hydrogen-bond donors (Lipinski definition) is 1. The maximum absolute atomic E-state index is 12.8. The Hall–Kier alpha value is -1.71. The molecule has 0 spiro atoms. The number of carbonyl (C=O) groups excluding carboxylic acids is 1. The maximum Gasteiger partial charge on any atom is 0.258 e. The second-order valence-corrected chi connectivity index (χ2v) is 8.00. The number of hydrogen-bond acceptors (Lipinski definition) is 5. The van der Waals surface area contributed by atoms with Gasteiger partial charge in [-0.05, 0) is 24.3 Å². The molecule has 7 nitrogen and oxygen atoms in total. The molecule has 0 aliphatic carbocycles. The Labute approximate surface area is 140 Å². The van der Waals surface area contributed by atoms with Crippen LogP contribution in [0.5, 0.6) is 5.75 Å². The van der Waals surface area contributed by atoms with Gasteiger partial charge in [0.05, 0.1) is 25.0 Å². The first-order chi connectivity index (χ1) is 11.3. The summed E-state index contributed by atoms with van der Waals surface area (Å²) >= 11 is 0. The predicted octanol–water partition coefficient (Wildman–Crippen LogP) is 0.227. The summed E-state index contributed by atoms with van der Waals surface area (Å²) in [5.74, 6) is -0.806. The summed E-state index contributed by atoms with van der Waals surface area (Å²) in [6.45, 7) is 0.294. The average molecular weight is 360 g/mol. The Morgan fingerprint density at radius 3 is 2.62 bits per heavy atom. The highest BCUT2D eigenvalue weighted by molar-refractivity contribution is 7.89. The van der Waals surface area contributed by atoms with Crippen LogP contribution >= 0.6 is 0 Å². The normalized spacial score (nSPS) is 21.0. The van der Waals surface area contributed by atoms with E-state index in [1.807, 2.05) is 0 Å². The summed E-state index contributed by atoms with van der Waals surface area (Å²) in [6, 6.07) is 4.94. The van der Waals surface area contributed by atoms with Gasteiger partial charge < -0.3 is 14.8 Å². The number of benzene rings is 1. The SMILES string of the molecule is CN(C)S(=O)(=O)C[C@@H]1COC[C@@H]1NC(=O)COc1ccc(F)cc1. The van der Waals surface area contributed by atoms with Gasteiger partial charge in [-0.15, -0.1) is 0 Å². The standard InChI is InChI=1S/C15H21FN2O5S/c1-18(2)24(20,21)10-11-7-22-8-14(11)17-15(19)9-23-13-5-3-12(16)4-6-13/h3-6,11,14H,7-10H2,1-2H3,(H,17,19)/t11-,14-/m0/s1. The predicted molar refractivity (Wildman–Crippen MR) is 85.6 cm³/mol. The lowest BCUT2D eigenvalue weighted by molar-refractivity contribution is -0.124. The molecule has 0 aromatic heterocycles. The zero-order valence-electron chi connectivity index (χ0n) is 13.6. The van der Waals surface area contributed by atoms with Crippen LogP contribution in [0.2, 0.25) is 0 Å². The van der Waals surface area contributed by atoms with Gasteiger partial charge in [0.2, 0.25) is 10.0 Å². The number of nitrogens with one attached hydrogen (secondary N) is 1. The molecule has 2 atom stereocenters. The number of rotatable bonds is 7. The fourth-order valence-electron chi connectivity index (χ4n) is 2.27. The molecule has 1 aliphatic heterocycles. The van der Waals surface area contributed by atoms with Crippen LogP contribution in [-0.2, 0) is 19.6 Å². The number of halogens is 1. The van der Waals surface area contributed by atoms with Crippen LogP contribution in [-0.4, -0.2) is 64.3 Å². The summed E-state index contributed by atoms with van der Waals surface area (Å²) < 4.78 is 48.4. The van der Waals surface area contributed by atoms with Gasteiger partial charge in [-0.3, -0.25) is 4.79 Å². The van der Waals surface area contributed by atoms with Crippen molar-refractivity contribution < 1.29 is 27.1 Å². The van der Waals surface area contributed by atoms with E-state index >= 15 is 0 Å². The lowest BCUT2D eigenvalue weighted by atomic mass is 10.1. The minimum absolute atomic E-state index is 0.0935. The van der Waals surface area contributed by atoms with E-state index in [4.69, 9.17) is 9.47 Å². The van der Waals surface area contributed by atoms with Crippen molar-refractivity contribution in [3.63, 3.8) is 0 Å². The van der Waals surface area contributed by atoms with E-state index in [1.54, 1.807) is 0 Å². The zero-order chi connectivity index (χ0) is 17.7. The third kappa shape index (κ3) is 5.15. The van der Waals surface area contributed by atoms with E-state index in [9.17, 15) is 17.6 Å². The summed E-state index contributed by atoms with van der Waals surface area (Å²) in [5, 5.41) is 2.73. The number of ether oxygens (including phenoxy) is 2. The summed E-state index contributed by atoms with van der Waals surface area (Å²) in [6.07, 6.45) is 0. The Balaban J connectivity index is 1.85. The second-order valence-electron chi connectivity index (χ2n) is 5.78. The van der Waals surface area contributed by atoms with Gasteiger partial charge >= 0.3 is 0 Å². The molecular weight excluding hydrogens is 339 g/mol. The van der Waals surface area contributed by atoms with Crippen LogP contribution in [0, 0.1) is 11.7 Å². The van der Waals surface area contributed by atoms with Gasteiger partial charge in [-0.25, -0.2) is 17.1 Å². The number of nitrogens with zero attached hydrogens (tertiary/aromatic N) is 1. The van der Waals surface area contributed by atoms with E-state index in [-0.39, 0.29) is 49.3 Å². The van der Waals surface area contributed by atoms with Crippen molar-refractivity contribution in [3.8, 4) is 5.75 Å². The summed E-state index contributed by atoms with van der Waals surface area (Å²) in [4.78, 5) is 12.0. The van der Waals surface area contributed by atoms with Crippen LogP contribution in [0.4, 0.5) is 4.39 Å².